The molecule has 21 heavy (non-hydrogen) atoms. The van der Waals surface area contributed by atoms with Crippen LogP contribution in [0.1, 0.15) is 27.4 Å². The van der Waals surface area contributed by atoms with Crippen LogP contribution in [-0.4, -0.2) is 18.3 Å². The predicted octanol–water partition coefficient (Wildman–Crippen LogP) is 3.62. The molecule has 2 aromatic carbocycles. The Labute approximate surface area is 128 Å². The van der Waals surface area contributed by atoms with Crippen LogP contribution in [0.3, 0.4) is 0 Å². The van der Waals surface area contributed by atoms with Gasteiger partial charge in [0.1, 0.15) is 0 Å². The van der Waals surface area contributed by atoms with Crippen molar-refractivity contribution in [1.82, 2.24) is 0 Å². The van der Waals surface area contributed by atoms with Crippen LogP contribution in [0.2, 0.25) is 0 Å². The normalized spacial score (nSPS) is 16.5. The van der Waals surface area contributed by atoms with Gasteiger partial charge in [0.15, 0.2) is 0 Å². The largest absolute Gasteiger partial charge is 0.461 e. The van der Waals surface area contributed by atoms with Gasteiger partial charge < -0.3 is 10.5 Å². The van der Waals surface area contributed by atoms with Gasteiger partial charge in [-0.2, -0.15) is 0 Å². The molecule has 4 heteroatoms. The topological polar surface area (TPSA) is 52.3 Å². The molecule has 3 rings (SSSR count). The number of nitrogens with two attached hydrogens (primary N) is 1. The Kier molecular flexibility index (Phi) is 3.88. The van der Waals surface area contributed by atoms with Crippen LogP contribution in [0, 0.1) is 6.92 Å². The number of ether oxygens (including phenoxy) is 1. The first kappa shape index (κ1) is 14.0. The standard InChI is InChI=1S/C17H17NO2S/c1-11-5-4-7-14(16(11)18)17(19)20-9-12-10-21-15-8-3-2-6-13(12)15/h2-8,12H,9-10,18H2,1H3. The molecule has 0 aliphatic carbocycles. The van der Waals surface area contributed by atoms with Gasteiger partial charge in [-0.25, -0.2) is 4.79 Å². The Morgan fingerprint density at radius 2 is 2.10 bits per heavy atom. The molecule has 1 heterocycles. The molecule has 0 aromatic heterocycles. The number of rotatable bonds is 3. The fraction of sp³-hybridized carbons (Fsp3) is 0.235. The van der Waals surface area contributed by atoms with Gasteiger partial charge in [-0.1, -0.05) is 30.3 Å². The zero-order valence-electron chi connectivity index (χ0n) is 11.8. The Balaban J connectivity index is 1.69. The van der Waals surface area contributed by atoms with Gasteiger partial charge >= 0.3 is 5.97 Å². The summed E-state index contributed by atoms with van der Waals surface area (Å²) in [7, 11) is 0. The Morgan fingerprint density at radius 3 is 2.95 bits per heavy atom. The molecule has 0 bridgehead atoms. The van der Waals surface area contributed by atoms with Gasteiger partial charge in [0, 0.05) is 22.3 Å². The number of fused-ring (bicyclic) bond motifs is 1. The van der Waals surface area contributed by atoms with Gasteiger partial charge in [0.05, 0.1) is 12.2 Å². The molecule has 0 amide bonds. The van der Waals surface area contributed by atoms with E-state index in [1.165, 1.54) is 10.5 Å². The van der Waals surface area contributed by atoms with Crippen molar-refractivity contribution < 1.29 is 9.53 Å². The number of aryl methyl sites for hydroxylation is 1. The molecule has 0 spiro atoms. The summed E-state index contributed by atoms with van der Waals surface area (Å²) in [4.78, 5) is 13.5. The second-order valence-electron chi connectivity index (χ2n) is 5.18. The first-order valence-electron chi connectivity index (χ1n) is 6.90. The Bertz CT molecular complexity index is 684. The molecule has 2 N–H and O–H groups in total. The summed E-state index contributed by atoms with van der Waals surface area (Å²) < 4.78 is 5.47. The number of hydrogen-bond acceptors (Lipinski definition) is 4. The Hall–Kier alpha value is -1.94. The minimum absolute atomic E-state index is 0.265. The molecule has 1 aliphatic heterocycles. The zero-order chi connectivity index (χ0) is 14.8. The maximum absolute atomic E-state index is 12.2. The summed E-state index contributed by atoms with van der Waals surface area (Å²) in [6, 6.07) is 13.7. The van der Waals surface area contributed by atoms with Crippen LogP contribution < -0.4 is 5.73 Å². The highest BCUT2D eigenvalue weighted by Gasteiger charge is 2.24. The van der Waals surface area contributed by atoms with Crippen molar-refractivity contribution in [2.75, 3.05) is 18.1 Å². The van der Waals surface area contributed by atoms with Crippen molar-refractivity contribution in [2.45, 2.75) is 17.7 Å². The lowest BCUT2D eigenvalue weighted by atomic mass is 10.0. The van der Waals surface area contributed by atoms with Gasteiger partial charge in [0.25, 0.3) is 0 Å². The molecule has 1 atom stereocenters. The van der Waals surface area contributed by atoms with Crippen molar-refractivity contribution in [1.29, 1.82) is 0 Å². The van der Waals surface area contributed by atoms with Gasteiger partial charge in [-0.15, -0.1) is 11.8 Å². The van der Waals surface area contributed by atoms with Crippen molar-refractivity contribution >= 4 is 23.4 Å². The number of thioether (sulfide) groups is 1. The summed E-state index contributed by atoms with van der Waals surface area (Å²) in [5.41, 5.74) is 9.06. The lowest BCUT2D eigenvalue weighted by molar-refractivity contribution is 0.0488. The maximum Gasteiger partial charge on any atom is 0.340 e. The molecule has 108 valence electrons. The molecule has 3 nitrogen and oxygen atoms in total. The van der Waals surface area contributed by atoms with E-state index in [4.69, 9.17) is 10.5 Å². The van der Waals surface area contributed by atoms with Gasteiger partial charge in [-0.05, 0) is 30.2 Å². The number of carbonyl (C=O) groups is 1. The highest BCUT2D eigenvalue weighted by molar-refractivity contribution is 7.99. The van der Waals surface area contributed by atoms with Crippen LogP contribution in [0.4, 0.5) is 5.69 Å². The quantitative estimate of drug-likeness (QED) is 0.694. The number of nitrogen functional groups attached to an aromatic ring is 1. The summed E-state index contributed by atoms with van der Waals surface area (Å²) >= 11 is 1.81. The number of anilines is 1. The lowest BCUT2D eigenvalue weighted by Crippen LogP contribution is -2.14. The third-order valence-electron chi connectivity index (χ3n) is 3.76. The molecule has 1 aliphatic rings. The van der Waals surface area contributed by atoms with Gasteiger partial charge in [0.2, 0.25) is 0 Å². The fourth-order valence-electron chi connectivity index (χ4n) is 2.48. The molecule has 2 aromatic rings. The first-order valence-corrected chi connectivity index (χ1v) is 7.89. The lowest BCUT2D eigenvalue weighted by Gasteiger charge is -2.13. The van der Waals surface area contributed by atoms with E-state index in [1.54, 1.807) is 6.07 Å². The van der Waals surface area contributed by atoms with Crippen molar-refractivity contribution in [3.63, 3.8) is 0 Å². The van der Waals surface area contributed by atoms with Crippen molar-refractivity contribution in [2.24, 2.45) is 0 Å². The highest BCUT2D eigenvalue weighted by atomic mass is 32.2. The first-order chi connectivity index (χ1) is 10.2. The van der Waals surface area contributed by atoms with E-state index in [0.29, 0.717) is 17.9 Å². The van der Waals surface area contributed by atoms with Crippen LogP contribution in [0.15, 0.2) is 47.4 Å². The van der Waals surface area contributed by atoms with Crippen LogP contribution in [0.5, 0.6) is 0 Å². The Morgan fingerprint density at radius 1 is 1.29 bits per heavy atom. The van der Waals surface area contributed by atoms with E-state index in [-0.39, 0.29) is 11.9 Å². The third-order valence-corrected chi connectivity index (χ3v) is 5.01. The number of carbonyl (C=O) groups excluding carboxylic acids is 1. The molecule has 0 fully saturated rings. The van der Waals surface area contributed by atoms with E-state index in [9.17, 15) is 4.79 Å². The second-order valence-corrected chi connectivity index (χ2v) is 6.24. The molecule has 1 unspecified atom stereocenters. The second kappa shape index (κ2) is 5.82. The highest BCUT2D eigenvalue weighted by Crippen LogP contribution is 2.39. The molecule has 0 saturated carbocycles. The minimum Gasteiger partial charge on any atom is -0.461 e. The monoisotopic (exact) mass is 299 g/mol. The third kappa shape index (κ3) is 2.76. The minimum atomic E-state index is -0.342. The van der Waals surface area contributed by atoms with E-state index in [0.717, 1.165) is 11.3 Å². The van der Waals surface area contributed by atoms with Crippen LogP contribution in [0.25, 0.3) is 0 Å². The number of benzene rings is 2. The summed E-state index contributed by atoms with van der Waals surface area (Å²) in [6.07, 6.45) is 0. The number of esters is 1. The number of hydrogen-bond donors (Lipinski definition) is 1. The van der Waals surface area contributed by atoms with E-state index < -0.39 is 0 Å². The molecular formula is C17H17NO2S. The fourth-order valence-corrected chi connectivity index (χ4v) is 3.71. The summed E-state index contributed by atoms with van der Waals surface area (Å²) in [5.74, 6) is 0.877. The van der Waals surface area contributed by atoms with Crippen LogP contribution in [-0.2, 0) is 4.74 Å². The van der Waals surface area contributed by atoms with Crippen molar-refractivity contribution in [3.05, 3.63) is 59.2 Å². The average molecular weight is 299 g/mol. The maximum atomic E-state index is 12.2. The smallest absolute Gasteiger partial charge is 0.340 e. The SMILES string of the molecule is Cc1cccc(C(=O)OCC2CSc3ccccc32)c1N. The zero-order valence-corrected chi connectivity index (χ0v) is 12.7. The molecule has 0 saturated heterocycles. The molecular weight excluding hydrogens is 282 g/mol. The van der Waals surface area contributed by atoms with E-state index in [2.05, 4.69) is 12.1 Å². The summed E-state index contributed by atoms with van der Waals surface area (Å²) in [5, 5.41) is 0. The van der Waals surface area contributed by atoms with Crippen LogP contribution >= 0.6 is 11.8 Å². The van der Waals surface area contributed by atoms with E-state index in [1.807, 2.05) is 43.0 Å². The number of para-hydroxylation sites is 1. The molecule has 0 radical (unpaired) electrons. The predicted molar refractivity (Wildman–Crippen MR) is 85.8 cm³/mol. The van der Waals surface area contributed by atoms with E-state index >= 15 is 0 Å². The summed E-state index contributed by atoms with van der Waals surface area (Å²) in [6.45, 7) is 2.28. The van der Waals surface area contributed by atoms with Gasteiger partial charge in [-0.3, -0.25) is 0 Å². The van der Waals surface area contributed by atoms with Crippen molar-refractivity contribution in [3.8, 4) is 0 Å². The average Bonchev–Trinajstić information content (AvgIpc) is 2.91.